The van der Waals surface area contributed by atoms with Crippen molar-refractivity contribution in [3.8, 4) is 0 Å². The van der Waals surface area contributed by atoms with Crippen molar-refractivity contribution in [2.24, 2.45) is 0 Å². The molecule has 1 fully saturated rings. The van der Waals surface area contributed by atoms with Crippen molar-refractivity contribution in [3.63, 3.8) is 0 Å². The highest BCUT2D eigenvalue weighted by Gasteiger charge is 2.21. The van der Waals surface area contributed by atoms with Gasteiger partial charge in [0.2, 0.25) is 0 Å². The third-order valence-electron chi connectivity index (χ3n) is 4.82. The molecule has 2 aromatic carbocycles. The highest BCUT2D eigenvalue weighted by atomic mass is 32.1. The van der Waals surface area contributed by atoms with Crippen molar-refractivity contribution in [1.29, 1.82) is 0 Å². The van der Waals surface area contributed by atoms with Crippen LogP contribution < -0.4 is 5.32 Å². The lowest BCUT2D eigenvalue weighted by molar-refractivity contribution is 0.0664. The minimum atomic E-state index is -0.815. The standard InChI is InChI=1S/C20H18F2N4O2S/c1-25-6-8-26(9-7-25)19(28)12-2-5-16-17(10-12)29-20(23-16)24-18(27)14-11-13(21)3-4-15(14)22/h2-5,10-11H,6-9H2,1H3,(H,23,24,27). The Bertz CT molecular complexity index is 1090. The molecule has 150 valence electrons. The van der Waals surface area contributed by atoms with Gasteiger partial charge >= 0.3 is 0 Å². The Morgan fingerprint density at radius 1 is 1.07 bits per heavy atom. The number of benzene rings is 2. The van der Waals surface area contributed by atoms with Crippen molar-refractivity contribution >= 4 is 38.5 Å². The predicted molar refractivity (Wildman–Crippen MR) is 107 cm³/mol. The topological polar surface area (TPSA) is 65.5 Å². The number of rotatable bonds is 3. The third kappa shape index (κ3) is 4.10. The molecule has 2 amide bonds. The highest BCUT2D eigenvalue weighted by Crippen LogP contribution is 2.28. The number of hydrogen-bond acceptors (Lipinski definition) is 5. The van der Waals surface area contributed by atoms with Gasteiger partial charge < -0.3 is 9.80 Å². The van der Waals surface area contributed by atoms with Gasteiger partial charge in [-0.2, -0.15) is 0 Å². The number of anilines is 1. The predicted octanol–water partition coefficient (Wildman–Crippen LogP) is 3.21. The number of thiazole rings is 1. The molecule has 0 spiro atoms. The van der Waals surface area contributed by atoms with Crippen LogP contribution in [0, 0.1) is 11.6 Å². The fourth-order valence-electron chi connectivity index (χ4n) is 3.14. The van der Waals surface area contributed by atoms with Crippen LogP contribution in [0.15, 0.2) is 36.4 Å². The van der Waals surface area contributed by atoms with Gasteiger partial charge in [0.1, 0.15) is 11.6 Å². The van der Waals surface area contributed by atoms with E-state index in [1.165, 1.54) is 11.3 Å². The molecule has 6 nitrogen and oxygen atoms in total. The maximum absolute atomic E-state index is 13.8. The Kier molecular flexibility index (Phi) is 5.25. The first-order valence-corrected chi connectivity index (χ1v) is 9.87. The molecule has 9 heteroatoms. The molecule has 0 aliphatic carbocycles. The van der Waals surface area contributed by atoms with Crippen LogP contribution >= 0.6 is 11.3 Å². The molecule has 0 saturated carbocycles. The Balaban J connectivity index is 1.53. The summed E-state index contributed by atoms with van der Waals surface area (Å²) in [6, 6.07) is 7.85. The van der Waals surface area contributed by atoms with Gasteiger partial charge in [0, 0.05) is 31.7 Å². The molecule has 1 aromatic heterocycles. The maximum Gasteiger partial charge on any atom is 0.260 e. The number of piperazine rings is 1. The lowest BCUT2D eigenvalue weighted by Crippen LogP contribution is -2.47. The van der Waals surface area contributed by atoms with Gasteiger partial charge in [-0.3, -0.25) is 14.9 Å². The summed E-state index contributed by atoms with van der Waals surface area (Å²) >= 11 is 1.17. The van der Waals surface area contributed by atoms with Crippen LogP contribution in [0.25, 0.3) is 10.2 Å². The van der Waals surface area contributed by atoms with E-state index in [2.05, 4.69) is 15.2 Å². The van der Waals surface area contributed by atoms with Crippen molar-refractivity contribution in [2.45, 2.75) is 0 Å². The van der Waals surface area contributed by atoms with Crippen LogP contribution in [0.4, 0.5) is 13.9 Å². The molecule has 0 atom stereocenters. The lowest BCUT2D eigenvalue weighted by atomic mass is 10.1. The van der Waals surface area contributed by atoms with Crippen LogP contribution in [-0.2, 0) is 0 Å². The first-order chi connectivity index (χ1) is 13.9. The van der Waals surface area contributed by atoms with Crippen LogP contribution in [0.5, 0.6) is 0 Å². The summed E-state index contributed by atoms with van der Waals surface area (Å²) in [5.74, 6) is -2.34. The summed E-state index contributed by atoms with van der Waals surface area (Å²) in [5, 5.41) is 2.74. The van der Waals surface area contributed by atoms with Gasteiger partial charge in [0.05, 0.1) is 15.8 Å². The summed E-state index contributed by atoms with van der Waals surface area (Å²) in [5.41, 5.74) is 0.773. The van der Waals surface area contributed by atoms with Gasteiger partial charge in [-0.05, 0) is 43.4 Å². The van der Waals surface area contributed by atoms with E-state index >= 15 is 0 Å². The highest BCUT2D eigenvalue weighted by molar-refractivity contribution is 7.22. The zero-order valence-electron chi connectivity index (χ0n) is 15.6. The molecular formula is C20H18F2N4O2S. The van der Waals surface area contributed by atoms with Crippen molar-refractivity contribution in [3.05, 3.63) is 59.2 Å². The van der Waals surface area contributed by atoms with E-state index in [9.17, 15) is 18.4 Å². The first-order valence-electron chi connectivity index (χ1n) is 9.05. The van der Waals surface area contributed by atoms with Gasteiger partial charge in [0.15, 0.2) is 5.13 Å². The normalized spacial score (nSPS) is 14.9. The number of fused-ring (bicyclic) bond motifs is 1. The molecule has 29 heavy (non-hydrogen) atoms. The molecule has 2 heterocycles. The van der Waals surface area contributed by atoms with Crippen molar-refractivity contribution < 1.29 is 18.4 Å². The Morgan fingerprint density at radius 3 is 2.59 bits per heavy atom. The number of carbonyl (C=O) groups excluding carboxylic acids is 2. The molecule has 1 N–H and O–H groups in total. The summed E-state index contributed by atoms with van der Waals surface area (Å²) < 4.78 is 27.8. The molecule has 4 rings (SSSR count). The minimum absolute atomic E-state index is 0.0409. The number of carbonyl (C=O) groups is 2. The number of hydrogen-bond donors (Lipinski definition) is 1. The summed E-state index contributed by atoms with van der Waals surface area (Å²) in [6.45, 7) is 3.02. The quantitative estimate of drug-likeness (QED) is 0.712. The Hall–Kier alpha value is -2.91. The SMILES string of the molecule is CN1CCN(C(=O)c2ccc3nc(NC(=O)c4cc(F)ccc4F)sc3c2)CC1. The van der Waals surface area contributed by atoms with Gasteiger partial charge in [-0.1, -0.05) is 11.3 Å². The number of nitrogens with zero attached hydrogens (tertiary/aromatic N) is 3. The lowest BCUT2D eigenvalue weighted by Gasteiger charge is -2.32. The molecule has 1 aliphatic rings. The minimum Gasteiger partial charge on any atom is -0.336 e. The van der Waals surface area contributed by atoms with Crippen LogP contribution in [0.2, 0.25) is 0 Å². The second-order valence-electron chi connectivity index (χ2n) is 6.88. The van der Waals surface area contributed by atoms with E-state index in [1.807, 2.05) is 11.9 Å². The average Bonchev–Trinajstić information content (AvgIpc) is 3.11. The van der Waals surface area contributed by atoms with E-state index in [0.717, 1.165) is 36.0 Å². The number of nitrogens with one attached hydrogen (secondary N) is 1. The largest absolute Gasteiger partial charge is 0.336 e. The van der Waals surface area contributed by atoms with Crippen molar-refractivity contribution in [1.82, 2.24) is 14.8 Å². The zero-order valence-corrected chi connectivity index (χ0v) is 16.4. The maximum atomic E-state index is 13.8. The van der Waals surface area contributed by atoms with E-state index in [4.69, 9.17) is 0 Å². The van der Waals surface area contributed by atoms with E-state index in [-0.39, 0.29) is 11.0 Å². The van der Waals surface area contributed by atoms with Crippen LogP contribution in [0.3, 0.4) is 0 Å². The van der Waals surface area contributed by atoms with E-state index in [0.29, 0.717) is 24.2 Å². The Morgan fingerprint density at radius 2 is 1.83 bits per heavy atom. The second-order valence-corrected chi connectivity index (χ2v) is 7.91. The monoisotopic (exact) mass is 416 g/mol. The van der Waals surface area contributed by atoms with Crippen LogP contribution in [0.1, 0.15) is 20.7 Å². The molecule has 0 radical (unpaired) electrons. The van der Waals surface area contributed by atoms with Crippen molar-refractivity contribution in [2.75, 3.05) is 38.5 Å². The first kappa shape index (κ1) is 19.4. The van der Waals surface area contributed by atoms with Crippen LogP contribution in [-0.4, -0.2) is 59.8 Å². The van der Waals surface area contributed by atoms with Gasteiger partial charge in [0.25, 0.3) is 11.8 Å². The molecule has 1 aliphatic heterocycles. The van der Waals surface area contributed by atoms with Gasteiger partial charge in [-0.15, -0.1) is 0 Å². The van der Waals surface area contributed by atoms with E-state index in [1.54, 1.807) is 18.2 Å². The number of aromatic nitrogens is 1. The van der Waals surface area contributed by atoms with Gasteiger partial charge in [-0.25, -0.2) is 13.8 Å². The number of likely N-dealkylation sites (N-methyl/N-ethyl adjacent to an activating group) is 1. The molecular weight excluding hydrogens is 398 g/mol. The Labute approximate surface area is 169 Å². The fraction of sp³-hybridized carbons (Fsp3) is 0.250. The zero-order chi connectivity index (χ0) is 20.5. The number of halogens is 2. The molecule has 0 unspecified atom stereocenters. The summed E-state index contributed by atoms with van der Waals surface area (Å²) in [7, 11) is 2.02. The summed E-state index contributed by atoms with van der Waals surface area (Å²) in [6.07, 6.45) is 0. The number of amides is 2. The molecule has 0 bridgehead atoms. The van der Waals surface area contributed by atoms with E-state index < -0.39 is 23.1 Å². The summed E-state index contributed by atoms with van der Waals surface area (Å²) in [4.78, 5) is 33.3. The smallest absolute Gasteiger partial charge is 0.260 e. The second kappa shape index (κ2) is 7.84. The fourth-order valence-corrected chi connectivity index (χ4v) is 4.04. The molecule has 1 saturated heterocycles. The average molecular weight is 416 g/mol. The third-order valence-corrected chi connectivity index (χ3v) is 5.75. The molecule has 3 aromatic rings.